The van der Waals surface area contributed by atoms with E-state index in [0.29, 0.717) is 4.34 Å². The molecule has 90 valence electrons. The fourth-order valence-corrected chi connectivity index (χ4v) is 2.01. The molecule has 0 unspecified atom stereocenters. The second-order valence-corrected chi connectivity index (χ2v) is 6.29. The summed E-state index contributed by atoms with van der Waals surface area (Å²) in [6.45, 7) is 6.24. The Morgan fingerprint density at radius 3 is 2.65 bits per heavy atom. The molecule has 2 heterocycles. The van der Waals surface area contributed by atoms with Gasteiger partial charge in [0.25, 0.3) is 0 Å². The lowest BCUT2D eigenvalue weighted by atomic mass is 10.1. The average Bonchev–Trinajstić information content (AvgIpc) is 2.82. The summed E-state index contributed by atoms with van der Waals surface area (Å²) in [5, 5.41) is 9.01. The first kappa shape index (κ1) is 12.3. The summed E-state index contributed by atoms with van der Waals surface area (Å²) in [6, 6.07) is 0. The number of rotatable bonds is 2. The molecule has 0 fully saturated rings. The molecule has 0 spiro atoms. The van der Waals surface area contributed by atoms with E-state index < -0.39 is 0 Å². The highest BCUT2D eigenvalue weighted by molar-refractivity contribution is 7.16. The van der Waals surface area contributed by atoms with Crippen molar-refractivity contribution >= 4 is 35.1 Å². The van der Waals surface area contributed by atoms with Crippen molar-refractivity contribution in [1.82, 2.24) is 20.0 Å². The van der Waals surface area contributed by atoms with Gasteiger partial charge in [0.2, 0.25) is 0 Å². The summed E-state index contributed by atoms with van der Waals surface area (Å²) in [5.74, 6) is 0. The Hall–Kier alpha value is -1.20. The molecule has 0 N–H and O–H groups in total. The highest BCUT2D eigenvalue weighted by atomic mass is 35.5. The van der Waals surface area contributed by atoms with E-state index in [1.807, 2.05) is 23.0 Å². The van der Waals surface area contributed by atoms with Crippen molar-refractivity contribution in [3.8, 4) is 0 Å². The molecule has 4 nitrogen and oxygen atoms in total. The summed E-state index contributed by atoms with van der Waals surface area (Å²) in [4.78, 5) is 4.13. The topological polar surface area (TPSA) is 43.6 Å². The van der Waals surface area contributed by atoms with Gasteiger partial charge in [-0.15, -0.1) is 16.4 Å². The fourth-order valence-electron chi connectivity index (χ4n) is 1.18. The summed E-state index contributed by atoms with van der Waals surface area (Å²) in [5.41, 5.74) is 0.759. The molecule has 0 amide bonds. The van der Waals surface area contributed by atoms with Crippen LogP contribution in [0.1, 0.15) is 31.5 Å². The number of hydrogen-bond acceptors (Lipinski definition) is 4. The van der Waals surface area contributed by atoms with Crippen LogP contribution in [0, 0.1) is 0 Å². The molecule has 0 saturated heterocycles. The maximum absolute atomic E-state index is 5.80. The molecular formula is C11H13ClN4S. The summed E-state index contributed by atoms with van der Waals surface area (Å²) < 4.78 is 2.52. The van der Waals surface area contributed by atoms with Crippen LogP contribution in [0.3, 0.4) is 0 Å². The maximum Gasteiger partial charge on any atom is 0.117 e. The van der Waals surface area contributed by atoms with Crippen LogP contribution in [0.15, 0.2) is 12.4 Å². The van der Waals surface area contributed by atoms with Crippen LogP contribution < -0.4 is 0 Å². The van der Waals surface area contributed by atoms with Gasteiger partial charge in [-0.3, -0.25) is 0 Å². The second-order valence-electron chi connectivity index (χ2n) is 4.59. The average molecular weight is 269 g/mol. The zero-order valence-electron chi connectivity index (χ0n) is 9.88. The number of nitrogens with zero attached hydrogens (tertiary/aromatic N) is 4. The van der Waals surface area contributed by atoms with Crippen molar-refractivity contribution in [1.29, 1.82) is 0 Å². The van der Waals surface area contributed by atoms with Crippen molar-refractivity contribution in [2.45, 2.75) is 26.3 Å². The minimum absolute atomic E-state index is 0.0520. The normalized spacial score (nSPS) is 12.5. The zero-order chi connectivity index (χ0) is 12.5. The number of hydrogen-bond donors (Lipinski definition) is 0. The molecule has 0 radical (unpaired) electrons. The van der Waals surface area contributed by atoms with Crippen LogP contribution in [-0.2, 0) is 5.54 Å². The number of thiazole rings is 1. The maximum atomic E-state index is 5.80. The number of halogens is 1. The van der Waals surface area contributed by atoms with E-state index in [-0.39, 0.29) is 5.54 Å². The third kappa shape index (κ3) is 3.14. The minimum atomic E-state index is -0.0520. The van der Waals surface area contributed by atoms with E-state index >= 15 is 0 Å². The molecular weight excluding hydrogens is 256 g/mol. The van der Waals surface area contributed by atoms with Gasteiger partial charge in [-0.1, -0.05) is 16.8 Å². The van der Waals surface area contributed by atoms with Gasteiger partial charge in [-0.05, 0) is 32.9 Å². The third-order valence-electron chi connectivity index (χ3n) is 2.09. The van der Waals surface area contributed by atoms with Crippen LogP contribution in [0.5, 0.6) is 0 Å². The van der Waals surface area contributed by atoms with Crippen LogP contribution >= 0.6 is 22.9 Å². The predicted molar refractivity (Wildman–Crippen MR) is 71.1 cm³/mol. The van der Waals surface area contributed by atoms with Crippen molar-refractivity contribution in [2.24, 2.45) is 0 Å². The fraction of sp³-hybridized carbons (Fsp3) is 0.364. The highest BCUT2D eigenvalue weighted by Crippen LogP contribution is 2.20. The smallest absolute Gasteiger partial charge is 0.117 e. The molecule has 0 aliphatic carbocycles. The van der Waals surface area contributed by atoms with E-state index in [9.17, 15) is 0 Å². The van der Waals surface area contributed by atoms with E-state index in [0.717, 1.165) is 10.7 Å². The summed E-state index contributed by atoms with van der Waals surface area (Å²) in [6.07, 6.45) is 7.31. The first-order chi connectivity index (χ1) is 7.95. The van der Waals surface area contributed by atoms with Gasteiger partial charge in [0.1, 0.15) is 15.0 Å². The first-order valence-corrected chi connectivity index (χ1v) is 6.37. The monoisotopic (exact) mass is 268 g/mol. The lowest BCUT2D eigenvalue weighted by molar-refractivity contribution is 0.347. The SMILES string of the molecule is CC(C)(C)n1cc(C=Cc2ncc(Cl)s2)nn1. The second kappa shape index (κ2) is 4.58. The van der Waals surface area contributed by atoms with Gasteiger partial charge < -0.3 is 0 Å². The van der Waals surface area contributed by atoms with Gasteiger partial charge in [0.15, 0.2) is 0 Å². The Kier molecular flexibility index (Phi) is 3.31. The van der Waals surface area contributed by atoms with Crippen molar-refractivity contribution in [3.05, 3.63) is 27.4 Å². The predicted octanol–water partition coefficient (Wildman–Crippen LogP) is 3.31. The lowest BCUT2D eigenvalue weighted by Gasteiger charge is -2.17. The molecule has 17 heavy (non-hydrogen) atoms. The molecule has 0 bridgehead atoms. The summed E-state index contributed by atoms with van der Waals surface area (Å²) >= 11 is 7.23. The lowest BCUT2D eigenvalue weighted by Crippen LogP contribution is -2.22. The van der Waals surface area contributed by atoms with Gasteiger partial charge >= 0.3 is 0 Å². The summed E-state index contributed by atoms with van der Waals surface area (Å²) in [7, 11) is 0. The van der Waals surface area contributed by atoms with Gasteiger partial charge in [0.05, 0.1) is 17.9 Å². The molecule has 0 saturated carbocycles. The Morgan fingerprint density at radius 2 is 2.12 bits per heavy atom. The van der Waals surface area contributed by atoms with E-state index in [4.69, 9.17) is 11.6 Å². The Morgan fingerprint density at radius 1 is 1.35 bits per heavy atom. The molecule has 0 aromatic carbocycles. The quantitative estimate of drug-likeness (QED) is 0.839. The molecule has 2 aromatic rings. The molecule has 2 rings (SSSR count). The minimum Gasteiger partial charge on any atom is -0.247 e. The largest absolute Gasteiger partial charge is 0.247 e. The van der Waals surface area contributed by atoms with Crippen molar-refractivity contribution < 1.29 is 0 Å². The van der Waals surface area contributed by atoms with E-state index in [2.05, 4.69) is 36.1 Å². The van der Waals surface area contributed by atoms with Gasteiger partial charge in [-0.25, -0.2) is 9.67 Å². The highest BCUT2D eigenvalue weighted by Gasteiger charge is 2.14. The van der Waals surface area contributed by atoms with Gasteiger partial charge in [0, 0.05) is 0 Å². The molecule has 2 aromatic heterocycles. The van der Waals surface area contributed by atoms with Crippen molar-refractivity contribution in [3.63, 3.8) is 0 Å². The van der Waals surface area contributed by atoms with Crippen LogP contribution in [0.2, 0.25) is 4.34 Å². The number of aromatic nitrogens is 4. The molecule has 0 aliphatic heterocycles. The Labute approximate surface area is 109 Å². The molecule has 0 atom stereocenters. The Bertz CT molecular complexity index is 536. The van der Waals surface area contributed by atoms with Gasteiger partial charge in [-0.2, -0.15) is 0 Å². The van der Waals surface area contributed by atoms with Crippen LogP contribution in [0.25, 0.3) is 12.2 Å². The Balaban J connectivity index is 2.14. The van der Waals surface area contributed by atoms with Crippen LogP contribution in [0.4, 0.5) is 0 Å². The molecule has 0 aliphatic rings. The first-order valence-electron chi connectivity index (χ1n) is 5.17. The zero-order valence-corrected chi connectivity index (χ0v) is 11.5. The van der Waals surface area contributed by atoms with Crippen molar-refractivity contribution in [2.75, 3.05) is 0 Å². The standard InChI is InChI=1S/C11H13ClN4S/c1-11(2,3)16-7-8(14-15-16)4-5-10-13-6-9(12)17-10/h4-7H,1-3H3. The third-order valence-corrected chi connectivity index (χ3v) is 3.17. The van der Waals surface area contributed by atoms with E-state index in [1.54, 1.807) is 6.20 Å². The molecule has 6 heteroatoms. The van der Waals surface area contributed by atoms with Crippen LogP contribution in [-0.4, -0.2) is 20.0 Å². The van der Waals surface area contributed by atoms with E-state index in [1.165, 1.54) is 11.3 Å².